The topological polar surface area (TPSA) is 21.3 Å². The van der Waals surface area contributed by atoms with E-state index in [9.17, 15) is 4.39 Å². The van der Waals surface area contributed by atoms with Crippen molar-refractivity contribution < 1.29 is 9.13 Å². The van der Waals surface area contributed by atoms with Gasteiger partial charge >= 0.3 is 0 Å². The van der Waals surface area contributed by atoms with E-state index in [-0.39, 0.29) is 11.9 Å². The molecule has 1 aromatic rings. The lowest BCUT2D eigenvalue weighted by Gasteiger charge is -2.28. The first-order valence-electron chi connectivity index (χ1n) is 8.21. The summed E-state index contributed by atoms with van der Waals surface area (Å²) in [7, 11) is 0. The SMILES string of the molecule is CC(C)CNCc1cccc(F)c1OC1CCC(C)CC1. The first kappa shape index (κ1) is 16.3. The molecular formula is C18H28FNO. The fraction of sp³-hybridized carbons (Fsp3) is 0.667. The lowest BCUT2D eigenvalue weighted by Crippen LogP contribution is -2.25. The van der Waals surface area contributed by atoms with Crippen LogP contribution in [0.1, 0.15) is 52.0 Å². The van der Waals surface area contributed by atoms with Crippen molar-refractivity contribution in [3.05, 3.63) is 29.6 Å². The third-order valence-corrected chi connectivity index (χ3v) is 4.16. The largest absolute Gasteiger partial charge is 0.487 e. The number of rotatable bonds is 6. The van der Waals surface area contributed by atoms with Crippen LogP contribution in [0, 0.1) is 17.7 Å². The summed E-state index contributed by atoms with van der Waals surface area (Å²) in [4.78, 5) is 0. The Labute approximate surface area is 128 Å². The highest BCUT2D eigenvalue weighted by Gasteiger charge is 2.21. The van der Waals surface area contributed by atoms with Crippen molar-refractivity contribution in [3.8, 4) is 5.75 Å². The maximum absolute atomic E-state index is 14.1. The lowest BCUT2D eigenvalue weighted by molar-refractivity contribution is 0.129. The van der Waals surface area contributed by atoms with Gasteiger partial charge in [-0.1, -0.05) is 32.9 Å². The van der Waals surface area contributed by atoms with Gasteiger partial charge in [0.15, 0.2) is 11.6 Å². The van der Waals surface area contributed by atoms with Crippen LogP contribution in [0.15, 0.2) is 18.2 Å². The molecule has 1 aliphatic rings. The van der Waals surface area contributed by atoms with Gasteiger partial charge in [-0.2, -0.15) is 0 Å². The molecule has 0 aliphatic heterocycles. The zero-order valence-electron chi connectivity index (χ0n) is 13.5. The van der Waals surface area contributed by atoms with Crippen molar-refractivity contribution in [2.24, 2.45) is 11.8 Å². The molecule has 0 radical (unpaired) electrons. The number of benzene rings is 1. The van der Waals surface area contributed by atoms with Crippen LogP contribution in [0.3, 0.4) is 0 Å². The fourth-order valence-corrected chi connectivity index (χ4v) is 2.83. The van der Waals surface area contributed by atoms with Crippen LogP contribution in [0.4, 0.5) is 4.39 Å². The van der Waals surface area contributed by atoms with Crippen LogP contribution in [0.25, 0.3) is 0 Å². The van der Waals surface area contributed by atoms with Crippen molar-refractivity contribution in [2.75, 3.05) is 6.54 Å². The smallest absolute Gasteiger partial charge is 0.165 e. The van der Waals surface area contributed by atoms with Crippen LogP contribution in [0.5, 0.6) is 5.75 Å². The number of hydrogen-bond acceptors (Lipinski definition) is 2. The Morgan fingerprint density at radius 2 is 1.95 bits per heavy atom. The van der Waals surface area contributed by atoms with Gasteiger partial charge in [0.1, 0.15) is 0 Å². The highest BCUT2D eigenvalue weighted by atomic mass is 19.1. The summed E-state index contributed by atoms with van der Waals surface area (Å²) >= 11 is 0. The molecule has 0 spiro atoms. The Hall–Kier alpha value is -1.09. The van der Waals surface area contributed by atoms with Crippen molar-refractivity contribution >= 4 is 0 Å². The molecule has 3 heteroatoms. The second kappa shape index (κ2) is 7.79. The predicted molar refractivity (Wildman–Crippen MR) is 85.0 cm³/mol. The van der Waals surface area contributed by atoms with Gasteiger partial charge in [-0.25, -0.2) is 4.39 Å². The Kier molecular flexibility index (Phi) is 6.04. The van der Waals surface area contributed by atoms with Crippen LogP contribution in [-0.2, 0) is 6.54 Å². The quantitative estimate of drug-likeness (QED) is 0.832. The van der Waals surface area contributed by atoms with Crippen LogP contribution in [-0.4, -0.2) is 12.6 Å². The fourth-order valence-electron chi connectivity index (χ4n) is 2.83. The molecular weight excluding hydrogens is 265 g/mol. The molecule has 0 amide bonds. The van der Waals surface area contributed by atoms with Gasteiger partial charge in [0, 0.05) is 12.1 Å². The van der Waals surface area contributed by atoms with Gasteiger partial charge in [-0.05, 0) is 50.1 Å². The molecule has 2 nitrogen and oxygen atoms in total. The van der Waals surface area contributed by atoms with E-state index in [1.165, 1.54) is 18.9 Å². The van der Waals surface area contributed by atoms with Crippen LogP contribution >= 0.6 is 0 Å². The predicted octanol–water partition coefficient (Wildman–Crippen LogP) is 4.53. The van der Waals surface area contributed by atoms with E-state index in [0.29, 0.717) is 18.2 Å². The van der Waals surface area contributed by atoms with Gasteiger partial charge in [0.05, 0.1) is 6.10 Å². The minimum Gasteiger partial charge on any atom is -0.487 e. The van der Waals surface area contributed by atoms with E-state index in [1.807, 2.05) is 6.07 Å². The molecule has 0 aromatic heterocycles. The number of nitrogens with one attached hydrogen (secondary N) is 1. The van der Waals surface area contributed by atoms with E-state index in [4.69, 9.17) is 4.74 Å². The van der Waals surface area contributed by atoms with E-state index >= 15 is 0 Å². The molecule has 118 valence electrons. The van der Waals surface area contributed by atoms with Crippen LogP contribution in [0.2, 0.25) is 0 Å². The van der Waals surface area contributed by atoms with Crippen molar-refractivity contribution in [3.63, 3.8) is 0 Å². The molecule has 0 unspecified atom stereocenters. The highest BCUT2D eigenvalue weighted by Crippen LogP contribution is 2.30. The molecule has 21 heavy (non-hydrogen) atoms. The van der Waals surface area contributed by atoms with Gasteiger partial charge in [-0.3, -0.25) is 0 Å². The van der Waals surface area contributed by atoms with Gasteiger partial charge in [0.25, 0.3) is 0 Å². The van der Waals surface area contributed by atoms with Gasteiger partial charge < -0.3 is 10.1 Å². The number of halogens is 1. The third-order valence-electron chi connectivity index (χ3n) is 4.16. The summed E-state index contributed by atoms with van der Waals surface area (Å²) in [5, 5.41) is 3.37. The molecule has 1 aliphatic carbocycles. The van der Waals surface area contributed by atoms with E-state index in [1.54, 1.807) is 6.07 Å². The van der Waals surface area contributed by atoms with Crippen molar-refractivity contribution in [1.82, 2.24) is 5.32 Å². The minimum absolute atomic E-state index is 0.168. The average molecular weight is 293 g/mol. The monoisotopic (exact) mass is 293 g/mol. The molecule has 0 heterocycles. The van der Waals surface area contributed by atoms with Crippen molar-refractivity contribution in [2.45, 2.75) is 59.1 Å². The maximum atomic E-state index is 14.1. The highest BCUT2D eigenvalue weighted by molar-refractivity contribution is 5.35. The molecule has 2 rings (SSSR count). The number of para-hydroxylation sites is 1. The molecule has 1 fully saturated rings. The number of ether oxygens (including phenoxy) is 1. The van der Waals surface area contributed by atoms with E-state index in [2.05, 4.69) is 26.1 Å². The summed E-state index contributed by atoms with van der Waals surface area (Å²) in [6.07, 6.45) is 4.60. The van der Waals surface area contributed by atoms with Gasteiger partial charge in [-0.15, -0.1) is 0 Å². The Morgan fingerprint density at radius 3 is 2.62 bits per heavy atom. The Bertz CT molecular complexity index is 439. The molecule has 0 saturated heterocycles. The first-order valence-corrected chi connectivity index (χ1v) is 8.21. The zero-order chi connectivity index (χ0) is 15.2. The van der Waals surface area contributed by atoms with Crippen LogP contribution < -0.4 is 10.1 Å². The summed E-state index contributed by atoms with van der Waals surface area (Å²) in [6.45, 7) is 8.20. The summed E-state index contributed by atoms with van der Waals surface area (Å²) in [5.41, 5.74) is 0.925. The zero-order valence-corrected chi connectivity index (χ0v) is 13.5. The summed E-state index contributed by atoms with van der Waals surface area (Å²) in [6, 6.07) is 5.21. The third kappa shape index (κ3) is 4.99. The Morgan fingerprint density at radius 1 is 1.24 bits per heavy atom. The molecule has 1 aromatic carbocycles. The maximum Gasteiger partial charge on any atom is 0.165 e. The second-order valence-corrected chi connectivity index (χ2v) is 6.75. The standard InChI is InChI=1S/C18H28FNO/c1-13(2)11-20-12-15-5-4-6-17(19)18(15)21-16-9-7-14(3)8-10-16/h4-6,13-14,16,20H,7-12H2,1-3H3. The lowest BCUT2D eigenvalue weighted by atomic mass is 9.89. The normalized spacial score (nSPS) is 22.5. The molecule has 0 bridgehead atoms. The average Bonchev–Trinajstić information content (AvgIpc) is 2.44. The van der Waals surface area contributed by atoms with E-state index < -0.39 is 0 Å². The Balaban J connectivity index is 1.99. The second-order valence-electron chi connectivity index (χ2n) is 6.75. The minimum atomic E-state index is -0.238. The molecule has 1 N–H and O–H groups in total. The first-order chi connectivity index (χ1) is 10.1. The summed E-state index contributed by atoms with van der Waals surface area (Å²) < 4.78 is 20.1. The molecule has 1 saturated carbocycles. The van der Waals surface area contributed by atoms with Gasteiger partial charge in [0.2, 0.25) is 0 Å². The van der Waals surface area contributed by atoms with E-state index in [0.717, 1.165) is 30.9 Å². The number of hydrogen-bond donors (Lipinski definition) is 1. The molecule has 0 atom stereocenters. The van der Waals surface area contributed by atoms with Crippen molar-refractivity contribution in [1.29, 1.82) is 0 Å². The summed E-state index contributed by atoms with van der Waals surface area (Å²) in [5.74, 6) is 1.58.